The number of carboxylic acid groups (broad SMARTS) is 1. The Morgan fingerprint density at radius 1 is 1.86 bits per heavy atom. The van der Waals surface area contributed by atoms with Gasteiger partial charge in [-0.25, -0.2) is 0 Å². The van der Waals surface area contributed by atoms with Crippen LogP contribution in [0.25, 0.3) is 0 Å². The van der Waals surface area contributed by atoms with Crippen molar-refractivity contribution in [2.24, 2.45) is 0 Å². The van der Waals surface area contributed by atoms with E-state index in [9.17, 15) is 4.79 Å². The Morgan fingerprint density at radius 3 is 2.29 bits per heavy atom. The van der Waals surface area contributed by atoms with E-state index in [0.717, 1.165) is 0 Å². The molecular formula is C3H7NaO2S. The van der Waals surface area contributed by atoms with Crippen molar-refractivity contribution in [1.82, 2.24) is 0 Å². The Hall–Kier alpha value is 0.820. The monoisotopic (exact) mass is 130 g/mol. The Labute approximate surface area is 69.0 Å². The van der Waals surface area contributed by atoms with Crippen LogP contribution in [0.3, 0.4) is 0 Å². The zero-order valence-electron chi connectivity index (χ0n) is 3.47. The summed E-state index contributed by atoms with van der Waals surface area (Å²) >= 11 is 1.31. The fourth-order valence-electron chi connectivity index (χ4n) is 0.123. The summed E-state index contributed by atoms with van der Waals surface area (Å²) in [4.78, 5) is 9.58. The van der Waals surface area contributed by atoms with E-state index in [4.69, 9.17) is 5.11 Å². The van der Waals surface area contributed by atoms with Crippen LogP contribution in [0, 0.1) is 0 Å². The molecule has 0 aromatic heterocycles. The SMILES string of the molecule is CSCC(=O)O.[NaH]. The van der Waals surface area contributed by atoms with E-state index in [1.54, 1.807) is 6.26 Å². The van der Waals surface area contributed by atoms with Crippen LogP contribution in [0.5, 0.6) is 0 Å². The van der Waals surface area contributed by atoms with Gasteiger partial charge >= 0.3 is 35.5 Å². The van der Waals surface area contributed by atoms with Crippen LogP contribution in [0.4, 0.5) is 0 Å². The van der Waals surface area contributed by atoms with Gasteiger partial charge in [-0.1, -0.05) is 0 Å². The van der Waals surface area contributed by atoms with E-state index in [1.165, 1.54) is 11.8 Å². The second-order valence-electron chi connectivity index (χ2n) is 0.827. The first-order valence-corrected chi connectivity index (χ1v) is 2.87. The zero-order chi connectivity index (χ0) is 4.99. The van der Waals surface area contributed by atoms with Crippen LogP contribution in [-0.2, 0) is 4.79 Å². The third-order valence-corrected chi connectivity index (χ3v) is 0.803. The Balaban J connectivity index is 0. The number of carboxylic acids is 1. The molecule has 0 spiro atoms. The van der Waals surface area contributed by atoms with Crippen LogP contribution in [0.2, 0.25) is 0 Å². The number of hydrogen-bond donors (Lipinski definition) is 1. The minimum absolute atomic E-state index is 0. The molecule has 2 nitrogen and oxygen atoms in total. The number of carbonyl (C=O) groups is 1. The van der Waals surface area contributed by atoms with Gasteiger partial charge in [0.25, 0.3) is 0 Å². The van der Waals surface area contributed by atoms with Crippen LogP contribution in [-0.4, -0.2) is 52.6 Å². The van der Waals surface area contributed by atoms with Crippen LogP contribution in [0.1, 0.15) is 0 Å². The van der Waals surface area contributed by atoms with Gasteiger partial charge in [-0.2, -0.15) is 11.8 Å². The second-order valence-corrected chi connectivity index (χ2v) is 1.69. The molecule has 0 aliphatic heterocycles. The molecule has 0 bridgehead atoms. The van der Waals surface area contributed by atoms with Gasteiger partial charge < -0.3 is 5.11 Å². The molecule has 0 saturated heterocycles. The van der Waals surface area contributed by atoms with Crippen molar-refractivity contribution < 1.29 is 9.90 Å². The average molecular weight is 130 g/mol. The number of hydrogen-bond acceptors (Lipinski definition) is 2. The Kier molecular flexibility index (Phi) is 10.5. The molecule has 0 atom stereocenters. The van der Waals surface area contributed by atoms with E-state index < -0.39 is 5.97 Å². The van der Waals surface area contributed by atoms with E-state index in [0.29, 0.717) is 0 Å². The molecule has 1 N–H and O–H groups in total. The predicted molar refractivity (Wildman–Crippen MR) is 33.2 cm³/mol. The van der Waals surface area contributed by atoms with Gasteiger partial charge in [-0.15, -0.1) is 0 Å². The van der Waals surface area contributed by atoms with Crippen LogP contribution < -0.4 is 0 Å². The molecule has 7 heavy (non-hydrogen) atoms. The predicted octanol–water partition coefficient (Wildman–Crippen LogP) is -0.215. The molecule has 0 heterocycles. The third-order valence-electron chi connectivity index (χ3n) is 0.268. The zero-order valence-corrected chi connectivity index (χ0v) is 4.29. The maximum absolute atomic E-state index is 9.58. The van der Waals surface area contributed by atoms with Crippen molar-refractivity contribution >= 4 is 47.3 Å². The third kappa shape index (κ3) is 10.9. The van der Waals surface area contributed by atoms with E-state index in [1.807, 2.05) is 0 Å². The van der Waals surface area contributed by atoms with Gasteiger partial charge in [0.15, 0.2) is 0 Å². The van der Waals surface area contributed by atoms with Crippen molar-refractivity contribution in [3.8, 4) is 0 Å². The summed E-state index contributed by atoms with van der Waals surface area (Å²) in [6.07, 6.45) is 1.76. The average Bonchev–Trinajstić information content (AvgIpc) is 1.35. The van der Waals surface area contributed by atoms with Gasteiger partial charge in [-0.3, -0.25) is 4.79 Å². The standard InChI is InChI=1S/C3H6O2S.Na.H/c1-6-2-3(4)5;;/h2H2,1H3,(H,4,5);;. The topological polar surface area (TPSA) is 37.3 Å². The van der Waals surface area contributed by atoms with Gasteiger partial charge in [0, 0.05) is 0 Å². The molecule has 0 rings (SSSR count). The summed E-state index contributed by atoms with van der Waals surface area (Å²) in [6, 6.07) is 0. The molecule has 38 valence electrons. The Bertz CT molecular complexity index is 56.9. The minimum atomic E-state index is -0.748. The number of aliphatic carboxylic acids is 1. The molecule has 0 aromatic carbocycles. The summed E-state index contributed by atoms with van der Waals surface area (Å²) in [7, 11) is 0. The van der Waals surface area contributed by atoms with Crippen molar-refractivity contribution in [3.63, 3.8) is 0 Å². The fourth-order valence-corrected chi connectivity index (χ4v) is 0.370. The van der Waals surface area contributed by atoms with Crippen molar-refractivity contribution in [2.75, 3.05) is 12.0 Å². The molecule has 0 amide bonds. The van der Waals surface area contributed by atoms with E-state index >= 15 is 0 Å². The first-order chi connectivity index (χ1) is 2.77. The first-order valence-electron chi connectivity index (χ1n) is 1.48. The summed E-state index contributed by atoms with van der Waals surface area (Å²) in [6.45, 7) is 0. The molecule has 0 fully saturated rings. The fraction of sp³-hybridized carbons (Fsp3) is 0.667. The molecule has 0 unspecified atom stereocenters. The number of rotatable bonds is 2. The van der Waals surface area contributed by atoms with Crippen LogP contribution in [0.15, 0.2) is 0 Å². The van der Waals surface area contributed by atoms with E-state index in [-0.39, 0.29) is 35.3 Å². The normalized spacial score (nSPS) is 7.00. The van der Waals surface area contributed by atoms with Crippen molar-refractivity contribution in [1.29, 1.82) is 0 Å². The van der Waals surface area contributed by atoms with Crippen molar-refractivity contribution in [2.45, 2.75) is 0 Å². The molecule has 4 heteroatoms. The number of thioether (sulfide) groups is 1. The van der Waals surface area contributed by atoms with Gasteiger partial charge in [-0.05, 0) is 6.26 Å². The molecule has 0 saturated carbocycles. The molecular weight excluding hydrogens is 123 g/mol. The van der Waals surface area contributed by atoms with Crippen molar-refractivity contribution in [3.05, 3.63) is 0 Å². The quantitative estimate of drug-likeness (QED) is 0.525. The summed E-state index contributed by atoms with van der Waals surface area (Å²) in [5.41, 5.74) is 0. The van der Waals surface area contributed by atoms with Gasteiger partial charge in [0.1, 0.15) is 0 Å². The van der Waals surface area contributed by atoms with E-state index in [2.05, 4.69) is 0 Å². The molecule has 0 aliphatic carbocycles. The molecule has 0 aliphatic rings. The summed E-state index contributed by atoms with van der Waals surface area (Å²) in [5.74, 6) is -0.539. The van der Waals surface area contributed by atoms with Gasteiger partial charge in [0.2, 0.25) is 0 Å². The molecule has 0 radical (unpaired) electrons. The van der Waals surface area contributed by atoms with Crippen LogP contribution >= 0.6 is 11.8 Å². The summed E-state index contributed by atoms with van der Waals surface area (Å²) < 4.78 is 0. The van der Waals surface area contributed by atoms with Gasteiger partial charge in [0.05, 0.1) is 5.75 Å². The summed E-state index contributed by atoms with van der Waals surface area (Å²) in [5, 5.41) is 7.89. The molecule has 0 aromatic rings. The Morgan fingerprint density at radius 2 is 2.29 bits per heavy atom. The maximum atomic E-state index is 9.58. The first kappa shape index (κ1) is 10.7. The second kappa shape index (κ2) is 6.82.